The summed E-state index contributed by atoms with van der Waals surface area (Å²) in [6, 6.07) is 1.95. The largest absolute Gasteiger partial charge is 0.505 e. The average Bonchev–Trinajstić information content (AvgIpc) is 3.02. The zero-order valence-corrected chi connectivity index (χ0v) is 15.1. The van der Waals surface area contributed by atoms with E-state index in [1.165, 1.54) is 34.2 Å². The third-order valence-corrected chi connectivity index (χ3v) is 5.68. The molecule has 1 aliphatic rings. The summed E-state index contributed by atoms with van der Waals surface area (Å²) in [5.74, 6) is 0.343. The number of aromatic nitrogens is 1. The number of hydrazone groups is 1. The van der Waals surface area contributed by atoms with Gasteiger partial charge < -0.3 is 10.2 Å². The molecule has 6 nitrogen and oxygen atoms in total. The monoisotopic (exact) mass is 359 g/mol. The van der Waals surface area contributed by atoms with Gasteiger partial charge in [-0.1, -0.05) is 6.92 Å². The smallest absolute Gasteiger partial charge is 0.281 e. The maximum atomic E-state index is 12.3. The van der Waals surface area contributed by atoms with E-state index in [9.17, 15) is 15.0 Å². The van der Waals surface area contributed by atoms with Gasteiger partial charge in [0.05, 0.1) is 23.4 Å². The molecule has 1 aliphatic carbocycles. The maximum Gasteiger partial charge on any atom is 0.281 e. The molecule has 2 heterocycles. The molecule has 1 atom stereocenters. The fourth-order valence-corrected chi connectivity index (χ4v) is 4.05. The number of nitrogens with zero attached hydrogens (tertiary/aromatic N) is 2. The van der Waals surface area contributed by atoms with Gasteiger partial charge in [0.15, 0.2) is 0 Å². The number of hydrogen-bond donors (Lipinski definition) is 3. The molecule has 0 fully saturated rings. The van der Waals surface area contributed by atoms with E-state index in [-0.39, 0.29) is 18.3 Å². The van der Waals surface area contributed by atoms with Crippen molar-refractivity contribution in [2.75, 3.05) is 0 Å². The van der Waals surface area contributed by atoms with Crippen LogP contribution in [-0.4, -0.2) is 27.3 Å². The van der Waals surface area contributed by atoms with Crippen molar-refractivity contribution in [3.05, 3.63) is 44.4 Å². The summed E-state index contributed by atoms with van der Waals surface area (Å²) >= 11 is 1.52. The molecule has 1 amide bonds. The van der Waals surface area contributed by atoms with E-state index < -0.39 is 0 Å². The van der Waals surface area contributed by atoms with Crippen LogP contribution >= 0.6 is 11.3 Å². The topological polar surface area (TPSA) is 94.8 Å². The first-order chi connectivity index (χ1) is 12.0. The first kappa shape index (κ1) is 17.6. The minimum absolute atomic E-state index is 0.0508. The number of rotatable bonds is 4. The third kappa shape index (κ3) is 3.72. The van der Waals surface area contributed by atoms with Crippen molar-refractivity contribution in [2.45, 2.75) is 39.7 Å². The number of aromatic hydroxyl groups is 1. The summed E-state index contributed by atoms with van der Waals surface area (Å²) in [7, 11) is 0. The summed E-state index contributed by atoms with van der Waals surface area (Å²) in [5, 5.41) is 23.3. The predicted octanol–water partition coefficient (Wildman–Crippen LogP) is 2.54. The molecular weight excluding hydrogens is 338 g/mol. The van der Waals surface area contributed by atoms with E-state index in [1.807, 2.05) is 6.07 Å². The number of aliphatic hydroxyl groups is 1. The van der Waals surface area contributed by atoms with Crippen LogP contribution < -0.4 is 5.43 Å². The molecule has 0 aromatic carbocycles. The van der Waals surface area contributed by atoms with Gasteiger partial charge in [0.1, 0.15) is 5.75 Å². The number of aryl methyl sites for hydroxylation is 2. The molecule has 2 aromatic heterocycles. The van der Waals surface area contributed by atoms with Crippen molar-refractivity contribution in [3.63, 3.8) is 0 Å². The number of carbonyl (C=O) groups excluding carboxylic acids is 1. The van der Waals surface area contributed by atoms with E-state index in [4.69, 9.17) is 0 Å². The van der Waals surface area contributed by atoms with Crippen molar-refractivity contribution >= 4 is 23.5 Å². The van der Waals surface area contributed by atoms with Crippen LogP contribution in [0.25, 0.3) is 0 Å². The van der Waals surface area contributed by atoms with Crippen molar-refractivity contribution in [2.24, 2.45) is 11.0 Å². The minimum atomic E-state index is -0.272. The highest BCUT2D eigenvalue weighted by Gasteiger charge is 2.20. The number of amides is 1. The van der Waals surface area contributed by atoms with E-state index in [1.54, 1.807) is 6.92 Å². The van der Waals surface area contributed by atoms with Gasteiger partial charge in [-0.3, -0.25) is 9.78 Å². The van der Waals surface area contributed by atoms with Gasteiger partial charge in [-0.05, 0) is 43.7 Å². The fraction of sp³-hybridized carbons (Fsp3) is 0.389. The van der Waals surface area contributed by atoms with Crippen LogP contribution in [0.15, 0.2) is 17.4 Å². The van der Waals surface area contributed by atoms with Gasteiger partial charge in [-0.25, -0.2) is 5.43 Å². The Bertz CT molecular complexity index is 829. The summed E-state index contributed by atoms with van der Waals surface area (Å²) in [6.45, 7) is 3.61. The van der Waals surface area contributed by atoms with Crippen LogP contribution in [0.1, 0.15) is 50.3 Å². The SMILES string of the molecule is Cc1ncc(CO)c(/C=N/NC(=O)c2cc3c(s2)CCC(C)C3)c1O. The Kier molecular flexibility index (Phi) is 5.15. The average molecular weight is 359 g/mol. The highest BCUT2D eigenvalue weighted by molar-refractivity contribution is 7.14. The number of fused-ring (bicyclic) bond motifs is 1. The summed E-state index contributed by atoms with van der Waals surface area (Å²) < 4.78 is 0. The second-order valence-electron chi connectivity index (χ2n) is 6.40. The normalized spacial score (nSPS) is 16.8. The maximum absolute atomic E-state index is 12.3. The molecule has 0 saturated carbocycles. The Labute approximate surface area is 150 Å². The van der Waals surface area contributed by atoms with Crippen LogP contribution in [0.5, 0.6) is 5.75 Å². The number of thiophene rings is 1. The molecule has 132 valence electrons. The molecule has 7 heteroatoms. The Morgan fingerprint density at radius 1 is 1.56 bits per heavy atom. The Morgan fingerprint density at radius 2 is 2.36 bits per heavy atom. The fourth-order valence-electron chi connectivity index (χ4n) is 2.95. The number of nitrogens with one attached hydrogen (secondary N) is 1. The van der Waals surface area contributed by atoms with E-state index in [2.05, 4.69) is 22.4 Å². The molecule has 2 aromatic rings. The molecule has 0 bridgehead atoms. The molecule has 3 N–H and O–H groups in total. The molecular formula is C18H21N3O3S. The standard InChI is InChI=1S/C18H21N3O3S/c1-10-3-4-15-12(5-10)6-16(25-15)18(24)21-20-8-14-13(9-22)7-19-11(2)17(14)23/h6-8,10,22-23H,3-5,9H2,1-2H3,(H,21,24)/b20-8+. The second kappa shape index (κ2) is 7.33. The Balaban J connectivity index is 1.73. The van der Waals surface area contributed by atoms with E-state index in [0.29, 0.717) is 27.6 Å². The highest BCUT2D eigenvalue weighted by Crippen LogP contribution is 2.32. The quantitative estimate of drug-likeness (QED) is 0.577. The molecule has 0 spiro atoms. The van der Waals surface area contributed by atoms with Crippen LogP contribution in [0.2, 0.25) is 0 Å². The van der Waals surface area contributed by atoms with E-state index >= 15 is 0 Å². The highest BCUT2D eigenvalue weighted by atomic mass is 32.1. The molecule has 25 heavy (non-hydrogen) atoms. The van der Waals surface area contributed by atoms with Gasteiger partial charge in [-0.15, -0.1) is 11.3 Å². The lowest BCUT2D eigenvalue weighted by atomic mass is 9.90. The zero-order valence-electron chi connectivity index (χ0n) is 14.2. The lowest BCUT2D eigenvalue weighted by molar-refractivity contribution is 0.0959. The lowest BCUT2D eigenvalue weighted by Gasteiger charge is -2.16. The minimum Gasteiger partial charge on any atom is -0.505 e. The molecule has 0 aliphatic heterocycles. The van der Waals surface area contributed by atoms with Crippen LogP contribution in [0, 0.1) is 12.8 Å². The second-order valence-corrected chi connectivity index (χ2v) is 7.53. The van der Waals surface area contributed by atoms with Crippen molar-refractivity contribution < 1.29 is 15.0 Å². The van der Waals surface area contributed by atoms with Crippen LogP contribution in [0.3, 0.4) is 0 Å². The molecule has 0 saturated heterocycles. The lowest BCUT2D eigenvalue weighted by Crippen LogP contribution is -2.16. The molecule has 3 rings (SSSR count). The van der Waals surface area contributed by atoms with Gasteiger partial charge in [0.25, 0.3) is 5.91 Å². The van der Waals surface area contributed by atoms with Gasteiger partial charge in [-0.2, -0.15) is 5.10 Å². The van der Waals surface area contributed by atoms with Crippen LogP contribution in [-0.2, 0) is 19.4 Å². The first-order valence-corrected chi connectivity index (χ1v) is 9.04. The number of aliphatic hydroxyl groups excluding tert-OH is 1. The molecule has 0 radical (unpaired) electrons. The first-order valence-electron chi connectivity index (χ1n) is 8.23. The number of hydrogen-bond acceptors (Lipinski definition) is 6. The predicted molar refractivity (Wildman–Crippen MR) is 97.1 cm³/mol. The summed E-state index contributed by atoms with van der Waals surface area (Å²) in [5.41, 5.74) is 5.00. The molecule has 1 unspecified atom stereocenters. The number of carbonyl (C=O) groups is 1. The third-order valence-electron chi connectivity index (χ3n) is 4.44. The van der Waals surface area contributed by atoms with Crippen molar-refractivity contribution in [1.82, 2.24) is 10.4 Å². The van der Waals surface area contributed by atoms with Crippen molar-refractivity contribution in [3.8, 4) is 5.75 Å². The van der Waals surface area contributed by atoms with Gasteiger partial charge in [0, 0.05) is 22.2 Å². The van der Waals surface area contributed by atoms with Gasteiger partial charge >= 0.3 is 0 Å². The van der Waals surface area contributed by atoms with Gasteiger partial charge in [0.2, 0.25) is 0 Å². The van der Waals surface area contributed by atoms with Crippen LogP contribution in [0.4, 0.5) is 0 Å². The Morgan fingerprint density at radius 3 is 3.12 bits per heavy atom. The van der Waals surface area contributed by atoms with Crippen molar-refractivity contribution in [1.29, 1.82) is 0 Å². The number of pyridine rings is 1. The summed E-state index contributed by atoms with van der Waals surface area (Å²) in [6.07, 6.45) is 6.03. The van der Waals surface area contributed by atoms with E-state index in [0.717, 1.165) is 19.3 Å². The Hall–Kier alpha value is -2.25. The summed E-state index contributed by atoms with van der Waals surface area (Å²) in [4.78, 5) is 18.2. The zero-order chi connectivity index (χ0) is 18.0.